The van der Waals surface area contributed by atoms with Crippen molar-refractivity contribution in [3.05, 3.63) is 52.8 Å². The minimum Gasteiger partial charge on any atom is -0.308 e. The highest BCUT2D eigenvalue weighted by Crippen LogP contribution is 2.32. The number of nitrogens with zero attached hydrogens (tertiary/aromatic N) is 3. The summed E-state index contributed by atoms with van der Waals surface area (Å²) in [5.74, 6) is -0.429. The van der Waals surface area contributed by atoms with Crippen LogP contribution in [0.4, 0.5) is 19.0 Å². The van der Waals surface area contributed by atoms with Crippen LogP contribution in [0.3, 0.4) is 0 Å². The van der Waals surface area contributed by atoms with Crippen LogP contribution in [0.15, 0.2) is 47.2 Å². The molecule has 0 aliphatic heterocycles. The van der Waals surface area contributed by atoms with Crippen molar-refractivity contribution in [3.8, 4) is 0 Å². The standard InChI is InChI=1S/C15H10BrF3N4O/c16-11-5-10(15(17,18)19)7-20-14(11)22-13(24)8-23-12-4-2-1-3-9(12)6-21-23/h1-7H,8H2,(H,20,22,24). The largest absolute Gasteiger partial charge is 0.417 e. The maximum atomic E-state index is 12.6. The zero-order valence-corrected chi connectivity index (χ0v) is 13.6. The fourth-order valence-electron chi connectivity index (χ4n) is 2.14. The first-order valence-electron chi connectivity index (χ1n) is 6.78. The van der Waals surface area contributed by atoms with Crippen LogP contribution in [0.25, 0.3) is 10.9 Å². The topological polar surface area (TPSA) is 59.8 Å². The Morgan fingerprint density at radius 1 is 1.25 bits per heavy atom. The summed E-state index contributed by atoms with van der Waals surface area (Å²) < 4.78 is 39.4. The van der Waals surface area contributed by atoms with Crippen molar-refractivity contribution >= 4 is 38.6 Å². The second kappa shape index (κ2) is 6.23. The van der Waals surface area contributed by atoms with Crippen molar-refractivity contribution < 1.29 is 18.0 Å². The van der Waals surface area contributed by atoms with E-state index in [1.54, 1.807) is 6.20 Å². The molecule has 0 saturated heterocycles. The van der Waals surface area contributed by atoms with Gasteiger partial charge < -0.3 is 5.32 Å². The second-order valence-electron chi connectivity index (χ2n) is 4.96. The van der Waals surface area contributed by atoms with Gasteiger partial charge >= 0.3 is 6.18 Å². The molecule has 9 heteroatoms. The molecule has 0 atom stereocenters. The van der Waals surface area contributed by atoms with Gasteiger partial charge in [-0.25, -0.2) is 4.98 Å². The zero-order chi connectivity index (χ0) is 17.3. The second-order valence-corrected chi connectivity index (χ2v) is 5.82. The van der Waals surface area contributed by atoms with E-state index in [9.17, 15) is 18.0 Å². The van der Waals surface area contributed by atoms with Crippen LogP contribution in [0, 0.1) is 0 Å². The first kappa shape index (κ1) is 16.4. The number of pyridine rings is 1. The lowest BCUT2D eigenvalue weighted by Crippen LogP contribution is -2.20. The van der Waals surface area contributed by atoms with Gasteiger partial charge in [0.15, 0.2) is 0 Å². The van der Waals surface area contributed by atoms with E-state index in [1.165, 1.54) is 4.68 Å². The highest BCUT2D eigenvalue weighted by atomic mass is 79.9. The number of hydrogen-bond donors (Lipinski definition) is 1. The van der Waals surface area contributed by atoms with E-state index in [-0.39, 0.29) is 16.8 Å². The predicted octanol–water partition coefficient (Wildman–Crippen LogP) is 3.85. The summed E-state index contributed by atoms with van der Waals surface area (Å²) in [6.07, 6.45) is -2.19. The lowest BCUT2D eigenvalue weighted by Gasteiger charge is -2.10. The first-order valence-corrected chi connectivity index (χ1v) is 7.57. The maximum absolute atomic E-state index is 12.6. The summed E-state index contributed by atoms with van der Waals surface area (Å²) >= 11 is 2.99. The average molecular weight is 399 g/mol. The van der Waals surface area contributed by atoms with Crippen LogP contribution in [0.1, 0.15) is 5.56 Å². The molecular formula is C15H10BrF3N4O. The number of carbonyl (C=O) groups is 1. The summed E-state index contributed by atoms with van der Waals surface area (Å²) in [6.45, 7) is -0.0807. The Bertz CT molecular complexity index is 907. The molecule has 0 fully saturated rings. The van der Waals surface area contributed by atoms with Crippen molar-refractivity contribution in [2.24, 2.45) is 0 Å². The average Bonchev–Trinajstić information content (AvgIpc) is 2.91. The van der Waals surface area contributed by atoms with E-state index < -0.39 is 17.6 Å². The monoisotopic (exact) mass is 398 g/mol. The van der Waals surface area contributed by atoms with Gasteiger partial charge in [-0.3, -0.25) is 9.48 Å². The lowest BCUT2D eigenvalue weighted by atomic mass is 10.2. The summed E-state index contributed by atoms with van der Waals surface area (Å²) in [7, 11) is 0. The predicted molar refractivity (Wildman–Crippen MR) is 85.3 cm³/mol. The number of anilines is 1. The van der Waals surface area contributed by atoms with Crippen molar-refractivity contribution in [2.45, 2.75) is 12.7 Å². The third-order valence-electron chi connectivity index (χ3n) is 3.27. The highest BCUT2D eigenvalue weighted by Gasteiger charge is 2.31. The normalized spacial score (nSPS) is 11.7. The van der Waals surface area contributed by atoms with Crippen molar-refractivity contribution in [3.63, 3.8) is 0 Å². The van der Waals surface area contributed by atoms with E-state index in [0.29, 0.717) is 6.20 Å². The molecule has 2 heterocycles. The SMILES string of the molecule is O=C(Cn1ncc2ccccc21)Nc1ncc(C(F)(F)F)cc1Br. The molecule has 1 aromatic carbocycles. The number of benzene rings is 1. The van der Waals surface area contributed by atoms with Crippen LogP contribution in [0.2, 0.25) is 0 Å². The fourth-order valence-corrected chi connectivity index (χ4v) is 2.59. The van der Waals surface area contributed by atoms with Crippen molar-refractivity contribution in [1.82, 2.24) is 14.8 Å². The summed E-state index contributed by atoms with van der Waals surface area (Å²) in [4.78, 5) is 15.8. The van der Waals surface area contributed by atoms with Gasteiger partial charge in [-0.15, -0.1) is 0 Å². The Balaban J connectivity index is 1.75. The van der Waals surface area contributed by atoms with Crippen LogP contribution >= 0.6 is 15.9 Å². The summed E-state index contributed by atoms with van der Waals surface area (Å²) in [6, 6.07) is 8.24. The quantitative estimate of drug-likeness (QED) is 0.728. The van der Waals surface area contributed by atoms with Gasteiger partial charge in [-0.1, -0.05) is 18.2 Å². The number of aromatic nitrogens is 3. The van der Waals surface area contributed by atoms with Crippen LogP contribution in [-0.2, 0) is 17.5 Å². The van der Waals surface area contributed by atoms with Gasteiger partial charge in [-0.05, 0) is 28.1 Å². The number of halogens is 4. The fraction of sp³-hybridized carbons (Fsp3) is 0.133. The number of alkyl halides is 3. The number of hydrogen-bond acceptors (Lipinski definition) is 3. The van der Waals surface area contributed by atoms with Gasteiger partial charge in [0.2, 0.25) is 5.91 Å². The highest BCUT2D eigenvalue weighted by molar-refractivity contribution is 9.10. The molecule has 24 heavy (non-hydrogen) atoms. The van der Waals surface area contributed by atoms with Crippen LogP contribution in [0.5, 0.6) is 0 Å². The van der Waals surface area contributed by atoms with E-state index in [1.807, 2.05) is 24.3 Å². The molecule has 3 aromatic rings. The number of nitrogens with one attached hydrogen (secondary N) is 1. The van der Waals surface area contributed by atoms with Crippen LogP contribution in [-0.4, -0.2) is 20.7 Å². The minimum absolute atomic E-state index is 0.0180. The van der Waals surface area contributed by atoms with Gasteiger partial charge in [-0.2, -0.15) is 18.3 Å². The molecule has 0 saturated carbocycles. The van der Waals surface area contributed by atoms with E-state index in [2.05, 4.69) is 31.3 Å². The molecule has 124 valence electrons. The Hall–Kier alpha value is -2.42. The number of fused-ring (bicyclic) bond motifs is 1. The van der Waals surface area contributed by atoms with E-state index >= 15 is 0 Å². The molecule has 0 radical (unpaired) electrons. The Labute approximate surface area is 142 Å². The number of amides is 1. The number of carbonyl (C=O) groups excluding carboxylic acids is 1. The van der Waals surface area contributed by atoms with Gasteiger partial charge in [0, 0.05) is 11.6 Å². The zero-order valence-electron chi connectivity index (χ0n) is 12.0. The molecule has 5 nitrogen and oxygen atoms in total. The Morgan fingerprint density at radius 2 is 2.00 bits per heavy atom. The van der Waals surface area contributed by atoms with Gasteiger partial charge in [0.1, 0.15) is 12.4 Å². The molecule has 0 unspecified atom stereocenters. The summed E-state index contributed by atoms with van der Waals surface area (Å²) in [5.41, 5.74) is -0.113. The van der Waals surface area contributed by atoms with Crippen LogP contribution < -0.4 is 5.32 Å². The third-order valence-corrected chi connectivity index (χ3v) is 3.88. The van der Waals surface area contributed by atoms with Crippen molar-refractivity contribution in [1.29, 1.82) is 0 Å². The molecule has 2 aromatic heterocycles. The van der Waals surface area contributed by atoms with Gasteiger partial charge in [0.25, 0.3) is 0 Å². The number of para-hydroxylation sites is 1. The molecule has 3 rings (SSSR count). The Kier molecular flexibility index (Phi) is 4.27. The van der Waals surface area contributed by atoms with Gasteiger partial charge in [0.05, 0.1) is 21.7 Å². The van der Waals surface area contributed by atoms with E-state index in [4.69, 9.17) is 0 Å². The molecular weight excluding hydrogens is 389 g/mol. The molecule has 0 aliphatic rings. The number of rotatable bonds is 3. The first-order chi connectivity index (χ1) is 11.3. The molecule has 1 N–H and O–H groups in total. The smallest absolute Gasteiger partial charge is 0.308 e. The molecule has 0 aliphatic carbocycles. The minimum atomic E-state index is -4.49. The summed E-state index contributed by atoms with van der Waals surface area (Å²) in [5, 5.41) is 7.48. The Morgan fingerprint density at radius 3 is 2.71 bits per heavy atom. The maximum Gasteiger partial charge on any atom is 0.417 e. The lowest BCUT2D eigenvalue weighted by molar-refractivity contribution is -0.137. The third kappa shape index (κ3) is 3.40. The molecule has 0 spiro atoms. The van der Waals surface area contributed by atoms with Crippen molar-refractivity contribution in [2.75, 3.05) is 5.32 Å². The molecule has 1 amide bonds. The molecule has 0 bridgehead atoms. The van der Waals surface area contributed by atoms with E-state index in [0.717, 1.165) is 17.0 Å².